The van der Waals surface area contributed by atoms with Gasteiger partial charge in [0.05, 0.1) is 31.3 Å². The molecule has 3 aromatic rings. The van der Waals surface area contributed by atoms with Gasteiger partial charge in [-0.15, -0.1) is 0 Å². The van der Waals surface area contributed by atoms with Crippen LogP contribution in [0.4, 0.5) is 5.69 Å². The van der Waals surface area contributed by atoms with Gasteiger partial charge in [-0.25, -0.2) is 13.8 Å². The standard InChI is InChI=1S/C27H29N3O5S/c1-4-17-35-25-16-11-22(18-26(25)34-5-2)19-28-29-27(31)23-12-14-24(15-13-23)30(36(3,32)33)20-21-9-7-6-8-10-21/h4,6-16,18-19H,1,5,17,20H2,2-3H3,(H,29,31)/b28-19-. The van der Waals surface area contributed by atoms with Crippen LogP contribution in [0, 0.1) is 0 Å². The Hall–Kier alpha value is -4.11. The topological polar surface area (TPSA) is 97.3 Å². The van der Waals surface area contributed by atoms with E-state index in [-0.39, 0.29) is 6.54 Å². The summed E-state index contributed by atoms with van der Waals surface area (Å²) < 4.78 is 37.2. The minimum Gasteiger partial charge on any atom is -0.490 e. The number of hydrazone groups is 1. The van der Waals surface area contributed by atoms with Crippen molar-refractivity contribution in [3.8, 4) is 11.5 Å². The third-order valence-corrected chi connectivity index (χ3v) is 6.13. The van der Waals surface area contributed by atoms with Crippen LogP contribution in [0.3, 0.4) is 0 Å². The Labute approximate surface area is 211 Å². The van der Waals surface area contributed by atoms with Crippen molar-refractivity contribution in [2.45, 2.75) is 13.5 Å². The van der Waals surface area contributed by atoms with E-state index in [1.807, 2.05) is 37.3 Å². The largest absolute Gasteiger partial charge is 0.490 e. The summed E-state index contributed by atoms with van der Waals surface area (Å²) in [6, 6.07) is 20.9. The molecule has 0 unspecified atom stereocenters. The summed E-state index contributed by atoms with van der Waals surface area (Å²) >= 11 is 0. The molecule has 3 rings (SSSR count). The maximum absolute atomic E-state index is 12.5. The molecule has 36 heavy (non-hydrogen) atoms. The van der Waals surface area contributed by atoms with Gasteiger partial charge >= 0.3 is 0 Å². The first-order valence-electron chi connectivity index (χ1n) is 11.3. The third kappa shape index (κ3) is 7.44. The molecule has 0 aliphatic carbocycles. The predicted molar refractivity (Wildman–Crippen MR) is 142 cm³/mol. The fraction of sp³-hybridized carbons (Fsp3) is 0.185. The Morgan fingerprint density at radius 1 is 1.03 bits per heavy atom. The number of carbonyl (C=O) groups is 1. The van der Waals surface area contributed by atoms with Gasteiger partial charge < -0.3 is 9.47 Å². The molecule has 0 atom stereocenters. The van der Waals surface area contributed by atoms with Gasteiger partial charge in [0.15, 0.2) is 11.5 Å². The molecule has 0 fully saturated rings. The third-order valence-electron chi connectivity index (χ3n) is 4.99. The molecule has 3 aromatic carbocycles. The van der Waals surface area contributed by atoms with Crippen molar-refractivity contribution in [1.29, 1.82) is 0 Å². The van der Waals surface area contributed by atoms with Crippen LogP contribution in [-0.4, -0.2) is 40.0 Å². The van der Waals surface area contributed by atoms with Crippen molar-refractivity contribution in [3.05, 3.63) is 102 Å². The second-order valence-corrected chi connectivity index (χ2v) is 9.65. The van der Waals surface area contributed by atoms with E-state index in [1.54, 1.807) is 48.5 Å². The average Bonchev–Trinajstić information content (AvgIpc) is 2.87. The molecule has 9 heteroatoms. The number of nitrogens with zero attached hydrogens (tertiary/aromatic N) is 2. The summed E-state index contributed by atoms with van der Waals surface area (Å²) in [6.07, 6.45) is 4.30. The van der Waals surface area contributed by atoms with Crippen molar-refractivity contribution in [2.75, 3.05) is 23.8 Å². The van der Waals surface area contributed by atoms with Gasteiger partial charge in [-0.2, -0.15) is 5.10 Å². The number of hydrogen-bond acceptors (Lipinski definition) is 6. The minimum absolute atomic E-state index is 0.191. The van der Waals surface area contributed by atoms with Crippen molar-refractivity contribution >= 4 is 27.8 Å². The van der Waals surface area contributed by atoms with Gasteiger partial charge in [0, 0.05) is 5.56 Å². The molecule has 188 valence electrons. The molecule has 0 spiro atoms. The number of benzene rings is 3. The average molecular weight is 508 g/mol. The van der Waals surface area contributed by atoms with Gasteiger partial charge in [-0.3, -0.25) is 9.10 Å². The monoisotopic (exact) mass is 507 g/mol. The molecule has 0 aromatic heterocycles. The zero-order chi connectivity index (χ0) is 26.0. The van der Waals surface area contributed by atoms with E-state index in [0.717, 1.165) is 11.8 Å². The van der Waals surface area contributed by atoms with Gasteiger partial charge in [-0.1, -0.05) is 43.0 Å². The zero-order valence-corrected chi connectivity index (χ0v) is 21.1. The van der Waals surface area contributed by atoms with Crippen LogP contribution < -0.4 is 19.2 Å². The lowest BCUT2D eigenvalue weighted by Gasteiger charge is -2.22. The van der Waals surface area contributed by atoms with E-state index < -0.39 is 15.9 Å². The normalized spacial score (nSPS) is 11.2. The van der Waals surface area contributed by atoms with E-state index in [2.05, 4.69) is 17.1 Å². The lowest BCUT2D eigenvalue weighted by Crippen LogP contribution is -2.29. The Morgan fingerprint density at radius 2 is 1.75 bits per heavy atom. The van der Waals surface area contributed by atoms with Gasteiger partial charge in [-0.05, 0) is 60.5 Å². The summed E-state index contributed by atoms with van der Waals surface area (Å²) in [7, 11) is -3.53. The molecule has 0 aliphatic rings. The van der Waals surface area contributed by atoms with E-state index in [1.165, 1.54) is 10.5 Å². The molecular formula is C27H29N3O5S. The highest BCUT2D eigenvalue weighted by Gasteiger charge is 2.18. The van der Waals surface area contributed by atoms with Crippen LogP contribution in [0.5, 0.6) is 11.5 Å². The number of carbonyl (C=O) groups excluding carboxylic acids is 1. The van der Waals surface area contributed by atoms with Crippen molar-refractivity contribution < 1.29 is 22.7 Å². The van der Waals surface area contributed by atoms with E-state index in [9.17, 15) is 13.2 Å². The molecule has 0 saturated carbocycles. The van der Waals surface area contributed by atoms with Crippen LogP contribution in [0.2, 0.25) is 0 Å². The minimum atomic E-state index is -3.53. The fourth-order valence-electron chi connectivity index (χ4n) is 3.30. The molecule has 0 heterocycles. The molecule has 1 N–H and O–H groups in total. The lowest BCUT2D eigenvalue weighted by molar-refractivity contribution is 0.0955. The number of hydrogen-bond donors (Lipinski definition) is 1. The van der Waals surface area contributed by atoms with Gasteiger partial charge in [0.25, 0.3) is 5.91 Å². The van der Waals surface area contributed by atoms with Crippen molar-refractivity contribution in [3.63, 3.8) is 0 Å². The van der Waals surface area contributed by atoms with Crippen LogP contribution in [0.25, 0.3) is 0 Å². The second kappa shape index (κ2) is 12.6. The number of nitrogens with one attached hydrogen (secondary N) is 1. The highest BCUT2D eigenvalue weighted by atomic mass is 32.2. The van der Waals surface area contributed by atoms with Crippen LogP contribution >= 0.6 is 0 Å². The SMILES string of the molecule is C=CCOc1ccc(/C=N\NC(=O)c2ccc(N(Cc3ccccc3)S(C)(=O)=O)cc2)cc1OCC. The first kappa shape index (κ1) is 26.5. The number of sulfonamides is 1. The number of ether oxygens (including phenoxy) is 2. The van der Waals surface area contributed by atoms with E-state index in [0.29, 0.717) is 41.5 Å². The van der Waals surface area contributed by atoms with E-state index >= 15 is 0 Å². The highest BCUT2D eigenvalue weighted by Crippen LogP contribution is 2.28. The van der Waals surface area contributed by atoms with Crippen LogP contribution in [0.1, 0.15) is 28.4 Å². The summed E-state index contributed by atoms with van der Waals surface area (Å²) in [5.41, 5.74) is 4.85. The zero-order valence-electron chi connectivity index (χ0n) is 20.3. The highest BCUT2D eigenvalue weighted by molar-refractivity contribution is 7.92. The maximum Gasteiger partial charge on any atom is 0.271 e. The van der Waals surface area contributed by atoms with E-state index in [4.69, 9.17) is 9.47 Å². The quantitative estimate of drug-likeness (QED) is 0.223. The smallest absolute Gasteiger partial charge is 0.271 e. The predicted octanol–water partition coefficient (Wildman–Crippen LogP) is 4.38. The maximum atomic E-state index is 12.5. The molecule has 0 saturated heterocycles. The Morgan fingerprint density at radius 3 is 2.39 bits per heavy atom. The van der Waals surface area contributed by atoms with Crippen LogP contribution in [0.15, 0.2) is 90.6 Å². The first-order chi connectivity index (χ1) is 17.3. The van der Waals surface area contributed by atoms with Gasteiger partial charge in [0.2, 0.25) is 10.0 Å². The van der Waals surface area contributed by atoms with Crippen molar-refractivity contribution in [2.24, 2.45) is 5.10 Å². The molecule has 1 amide bonds. The molecule has 0 bridgehead atoms. The van der Waals surface area contributed by atoms with Crippen LogP contribution in [-0.2, 0) is 16.6 Å². The number of amides is 1. The second-order valence-electron chi connectivity index (χ2n) is 7.74. The number of anilines is 1. The summed E-state index contributed by atoms with van der Waals surface area (Å²) in [5.74, 6) is 0.729. The first-order valence-corrected chi connectivity index (χ1v) is 13.1. The molecule has 8 nitrogen and oxygen atoms in total. The summed E-state index contributed by atoms with van der Waals surface area (Å²) in [6.45, 7) is 6.53. The summed E-state index contributed by atoms with van der Waals surface area (Å²) in [5, 5.41) is 4.02. The fourth-order valence-corrected chi connectivity index (χ4v) is 4.19. The lowest BCUT2D eigenvalue weighted by atomic mass is 10.2. The molecule has 0 aliphatic heterocycles. The number of rotatable bonds is 12. The summed E-state index contributed by atoms with van der Waals surface area (Å²) in [4.78, 5) is 12.5. The van der Waals surface area contributed by atoms with Crippen molar-refractivity contribution in [1.82, 2.24) is 5.43 Å². The molecular weight excluding hydrogens is 478 g/mol. The van der Waals surface area contributed by atoms with Gasteiger partial charge in [0.1, 0.15) is 6.61 Å². The Kier molecular flexibility index (Phi) is 9.24. The molecule has 0 radical (unpaired) electrons. The Bertz CT molecular complexity index is 1310. The Balaban J connectivity index is 1.68.